The predicted octanol–water partition coefficient (Wildman–Crippen LogP) is 19.6. The first-order chi connectivity index (χ1) is 34.5. The molecule has 6 nitrogen and oxygen atoms in total. The van der Waals surface area contributed by atoms with Crippen LogP contribution in [-0.4, -0.2) is 47.4 Å². The lowest BCUT2D eigenvalue weighted by atomic mass is 10.0. The normalized spacial score (nSPS) is 12.8. The fraction of sp³-hybridized carbons (Fsp3) is 0.875. The number of hydrogen-bond donors (Lipinski definition) is 3. The van der Waals surface area contributed by atoms with Gasteiger partial charge >= 0.3 is 5.97 Å². The molecular weight excluding hydrogens is 863 g/mol. The molecule has 0 aromatic carbocycles. The fourth-order valence-corrected chi connectivity index (χ4v) is 9.57. The molecule has 0 bridgehead atoms. The lowest BCUT2D eigenvalue weighted by Gasteiger charge is -2.20. The molecule has 0 aliphatic rings. The number of amides is 1. The first-order valence-electron chi connectivity index (χ1n) is 31.3. The highest BCUT2D eigenvalue weighted by molar-refractivity contribution is 5.76. The Morgan fingerprint density at radius 3 is 1.01 bits per heavy atom. The highest BCUT2D eigenvalue weighted by atomic mass is 16.5. The van der Waals surface area contributed by atoms with Crippen molar-refractivity contribution in [1.82, 2.24) is 5.32 Å². The first kappa shape index (κ1) is 68.1. The van der Waals surface area contributed by atoms with Crippen LogP contribution in [0.2, 0.25) is 0 Å². The van der Waals surface area contributed by atoms with Crippen LogP contribution in [0.4, 0.5) is 0 Å². The summed E-state index contributed by atoms with van der Waals surface area (Å²) in [6.07, 6.45) is 74.8. The van der Waals surface area contributed by atoms with Crippen molar-refractivity contribution in [2.24, 2.45) is 0 Å². The van der Waals surface area contributed by atoms with E-state index in [-0.39, 0.29) is 18.5 Å². The smallest absolute Gasteiger partial charge is 0.305 e. The molecule has 3 N–H and O–H groups in total. The second-order valence-corrected chi connectivity index (χ2v) is 21.4. The highest BCUT2D eigenvalue weighted by Crippen LogP contribution is 2.17. The van der Waals surface area contributed by atoms with Crippen LogP contribution in [0.1, 0.15) is 335 Å². The van der Waals surface area contributed by atoms with Crippen LogP contribution in [-0.2, 0) is 14.3 Å². The van der Waals surface area contributed by atoms with Crippen molar-refractivity contribution >= 4 is 11.9 Å². The Hall–Kier alpha value is -1.92. The van der Waals surface area contributed by atoms with Gasteiger partial charge in [0.1, 0.15) is 0 Å². The minimum absolute atomic E-state index is 0.0104. The van der Waals surface area contributed by atoms with Gasteiger partial charge in [0, 0.05) is 12.8 Å². The van der Waals surface area contributed by atoms with Crippen molar-refractivity contribution in [3.8, 4) is 0 Å². The molecule has 0 saturated heterocycles. The maximum absolute atomic E-state index is 12.4. The lowest BCUT2D eigenvalue weighted by Crippen LogP contribution is -2.45. The molecule has 70 heavy (non-hydrogen) atoms. The van der Waals surface area contributed by atoms with Crippen molar-refractivity contribution in [1.29, 1.82) is 0 Å². The first-order valence-corrected chi connectivity index (χ1v) is 31.3. The van der Waals surface area contributed by atoms with Gasteiger partial charge in [0.2, 0.25) is 5.91 Å². The van der Waals surface area contributed by atoms with Crippen LogP contribution < -0.4 is 5.32 Å². The summed E-state index contributed by atoms with van der Waals surface area (Å²) in [7, 11) is 0. The van der Waals surface area contributed by atoms with Crippen LogP contribution >= 0.6 is 0 Å². The van der Waals surface area contributed by atoms with Crippen LogP contribution in [0.3, 0.4) is 0 Å². The van der Waals surface area contributed by atoms with Gasteiger partial charge in [-0.1, -0.05) is 275 Å². The number of nitrogens with one attached hydrogen (secondary N) is 1. The lowest BCUT2D eigenvalue weighted by molar-refractivity contribution is -0.143. The molecule has 2 atom stereocenters. The Bertz CT molecular complexity index is 1130. The van der Waals surface area contributed by atoms with Crippen LogP contribution in [0.15, 0.2) is 36.5 Å². The van der Waals surface area contributed by atoms with E-state index in [1.807, 2.05) is 6.08 Å². The van der Waals surface area contributed by atoms with Gasteiger partial charge in [-0.25, -0.2) is 0 Å². The third-order valence-electron chi connectivity index (χ3n) is 14.4. The van der Waals surface area contributed by atoms with Gasteiger partial charge in [0.25, 0.3) is 0 Å². The molecule has 6 heteroatoms. The standard InChI is InChI=1S/C64H121NO5/c1-3-5-7-9-11-13-15-16-17-28-32-35-38-42-46-50-54-58-64(69)70-59-55-51-47-43-39-36-33-30-27-25-23-21-19-18-20-22-24-26-29-31-34-37-41-45-49-53-57-63(68)65-61(60-66)62(67)56-52-48-44-40-14-12-10-8-6-4-2/h16-18,20,52,56,61-62,66-67H,3-15,19,21-51,53-55,57-60H2,1-2H3,(H,65,68)/b17-16-,20-18-,56-52+. The molecule has 1 amide bonds. The summed E-state index contributed by atoms with van der Waals surface area (Å²) in [6.45, 7) is 4.89. The number of allylic oxidation sites excluding steroid dienone is 5. The number of carbonyl (C=O) groups excluding carboxylic acids is 2. The van der Waals surface area contributed by atoms with Crippen molar-refractivity contribution in [2.75, 3.05) is 13.2 Å². The Morgan fingerprint density at radius 1 is 0.386 bits per heavy atom. The maximum atomic E-state index is 12.4. The van der Waals surface area contributed by atoms with E-state index in [2.05, 4.69) is 43.5 Å². The van der Waals surface area contributed by atoms with Crippen LogP contribution in [0.25, 0.3) is 0 Å². The van der Waals surface area contributed by atoms with Gasteiger partial charge in [-0.05, 0) is 83.5 Å². The molecule has 0 saturated carbocycles. The number of aliphatic hydroxyl groups is 2. The summed E-state index contributed by atoms with van der Waals surface area (Å²) in [5, 5.41) is 23.0. The molecule has 0 aliphatic carbocycles. The average Bonchev–Trinajstić information content (AvgIpc) is 3.36. The number of aliphatic hydroxyl groups excluding tert-OH is 2. The average molecular weight is 985 g/mol. The van der Waals surface area contributed by atoms with Crippen LogP contribution in [0, 0.1) is 0 Å². The van der Waals surface area contributed by atoms with E-state index in [4.69, 9.17) is 4.74 Å². The minimum atomic E-state index is -0.844. The summed E-state index contributed by atoms with van der Waals surface area (Å²) in [5.41, 5.74) is 0. The number of esters is 1. The van der Waals surface area contributed by atoms with Gasteiger partial charge in [-0.2, -0.15) is 0 Å². The molecule has 0 radical (unpaired) electrons. The zero-order valence-electron chi connectivity index (χ0n) is 47.0. The molecule has 0 heterocycles. The van der Waals surface area contributed by atoms with E-state index in [0.29, 0.717) is 19.4 Å². The SMILES string of the molecule is CCCCCCCC/C=C\CCCCCCCCCC(=O)OCCCCCCCCCCCCCC/C=C\CCCCCCCCCCCCC(=O)NC(CO)C(O)/C=C/CCCCCCCCCC. The summed E-state index contributed by atoms with van der Waals surface area (Å²) >= 11 is 0. The summed E-state index contributed by atoms with van der Waals surface area (Å²) in [6, 6.07) is -0.627. The van der Waals surface area contributed by atoms with Gasteiger partial charge in [-0.15, -0.1) is 0 Å². The highest BCUT2D eigenvalue weighted by Gasteiger charge is 2.18. The quantitative estimate of drug-likeness (QED) is 0.0321. The Balaban J connectivity index is 3.37. The number of carbonyl (C=O) groups is 2. The largest absolute Gasteiger partial charge is 0.466 e. The molecule has 2 unspecified atom stereocenters. The number of unbranched alkanes of at least 4 members (excludes halogenated alkanes) is 43. The van der Waals surface area contributed by atoms with E-state index in [0.717, 1.165) is 44.9 Å². The topological polar surface area (TPSA) is 95.9 Å². The van der Waals surface area contributed by atoms with Crippen LogP contribution in [0.5, 0.6) is 0 Å². The number of rotatable bonds is 58. The predicted molar refractivity (Wildman–Crippen MR) is 306 cm³/mol. The van der Waals surface area contributed by atoms with Gasteiger partial charge in [0.05, 0.1) is 25.4 Å². The maximum Gasteiger partial charge on any atom is 0.305 e. The van der Waals surface area contributed by atoms with Crippen molar-refractivity contribution in [2.45, 2.75) is 347 Å². The Labute approximate surface area is 436 Å². The van der Waals surface area contributed by atoms with Gasteiger partial charge in [0.15, 0.2) is 0 Å². The molecule has 0 spiro atoms. The van der Waals surface area contributed by atoms with E-state index in [1.54, 1.807) is 6.08 Å². The molecule has 0 aromatic heterocycles. The van der Waals surface area contributed by atoms with E-state index >= 15 is 0 Å². The molecule has 0 rings (SSSR count). The zero-order valence-corrected chi connectivity index (χ0v) is 47.0. The molecular formula is C64H121NO5. The molecule has 0 aromatic rings. The summed E-state index contributed by atoms with van der Waals surface area (Å²) in [5.74, 6) is -0.0610. The van der Waals surface area contributed by atoms with E-state index in [1.165, 1.54) is 263 Å². The fourth-order valence-electron chi connectivity index (χ4n) is 9.57. The second-order valence-electron chi connectivity index (χ2n) is 21.4. The molecule has 412 valence electrons. The third kappa shape index (κ3) is 55.4. The Kier molecular flexibility index (Phi) is 58.0. The molecule has 0 aliphatic heterocycles. The number of hydrogen-bond acceptors (Lipinski definition) is 5. The van der Waals surface area contributed by atoms with E-state index < -0.39 is 12.1 Å². The molecule has 0 fully saturated rings. The monoisotopic (exact) mass is 984 g/mol. The van der Waals surface area contributed by atoms with Gasteiger partial charge in [-0.3, -0.25) is 9.59 Å². The second kappa shape index (κ2) is 59.6. The van der Waals surface area contributed by atoms with Crippen molar-refractivity contribution < 1.29 is 24.5 Å². The number of ether oxygens (including phenoxy) is 1. The van der Waals surface area contributed by atoms with E-state index in [9.17, 15) is 19.8 Å². The van der Waals surface area contributed by atoms with Crippen molar-refractivity contribution in [3.05, 3.63) is 36.5 Å². The third-order valence-corrected chi connectivity index (χ3v) is 14.4. The minimum Gasteiger partial charge on any atom is -0.466 e. The Morgan fingerprint density at radius 2 is 0.671 bits per heavy atom. The van der Waals surface area contributed by atoms with Crippen molar-refractivity contribution in [3.63, 3.8) is 0 Å². The summed E-state index contributed by atoms with van der Waals surface area (Å²) in [4.78, 5) is 24.5. The summed E-state index contributed by atoms with van der Waals surface area (Å²) < 4.78 is 5.49. The van der Waals surface area contributed by atoms with Gasteiger partial charge < -0.3 is 20.3 Å². The zero-order chi connectivity index (χ0) is 50.7.